The van der Waals surface area contributed by atoms with E-state index >= 15 is 0 Å². The van der Waals surface area contributed by atoms with Crippen molar-refractivity contribution in [2.75, 3.05) is 32.4 Å². The molecule has 0 radical (unpaired) electrons. The maximum Gasteiger partial charge on any atom is 0.211 e. The Morgan fingerprint density at radius 3 is 2.64 bits per heavy atom. The van der Waals surface area contributed by atoms with Crippen molar-refractivity contribution in [3.05, 3.63) is 0 Å². The van der Waals surface area contributed by atoms with Crippen LogP contribution in [0.25, 0.3) is 0 Å². The molecule has 0 aliphatic carbocycles. The van der Waals surface area contributed by atoms with E-state index < -0.39 is 10.0 Å². The molecule has 0 aromatic heterocycles. The third-order valence-corrected chi connectivity index (χ3v) is 4.68. The second-order valence-electron chi connectivity index (χ2n) is 4.63. The van der Waals surface area contributed by atoms with Crippen LogP contribution in [0.4, 0.5) is 0 Å². The van der Waals surface area contributed by atoms with Gasteiger partial charge in [0.15, 0.2) is 0 Å². The minimum Gasteiger partial charge on any atom is -0.316 e. The zero-order chi connectivity index (χ0) is 10.2. The molecule has 2 aliphatic heterocycles. The second kappa shape index (κ2) is 3.47. The monoisotopic (exact) mass is 218 g/mol. The SMILES string of the molecule is CS(=O)(=O)N1CCC2(CCCNC2)C1. The number of hydrogen-bond donors (Lipinski definition) is 1. The molecule has 14 heavy (non-hydrogen) atoms. The fourth-order valence-corrected chi connectivity index (χ4v) is 3.49. The summed E-state index contributed by atoms with van der Waals surface area (Å²) >= 11 is 0. The predicted octanol–water partition coefficient (Wildman–Crippen LogP) is 0.0215. The van der Waals surface area contributed by atoms with Gasteiger partial charge in [0.25, 0.3) is 0 Å². The maximum absolute atomic E-state index is 11.4. The van der Waals surface area contributed by atoms with Gasteiger partial charge in [0.1, 0.15) is 0 Å². The fraction of sp³-hybridized carbons (Fsp3) is 1.00. The van der Waals surface area contributed by atoms with Crippen LogP contribution >= 0.6 is 0 Å². The summed E-state index contributed by atoms with van der Waals surface area (Å²) in [6, 6.07) is 0. The van der Waals surface area contributed by atoms with Gasteiger partial charge in [-0.3, -0.25) is 0 Å². The van der Waals surface area contributed by atoms with Gasteiger partial charge in [-0.25, -0.2) is 12.7 Å². The van der Waals surface area contributed by atoms with Gasteiger partial charge >= 0.3 is 0 Å². The largest absolute Gasteiger partial charge is 0.316 e. The van der Waals surface area contributed by atoms with E-state index in [1.54, 1.807) is 4.31 Å². The van der Waals surface area contributed by atoms with Crippen LogP contribution in [0.15, 0.2) is 0 Å². The average Bonchev–Trinajstić information content (AvgIpc) is 2.50. The van der Waals surface area contributed by atoms with E-state index in [0.717, 1.165) is 26.1 Å². The summed E-state index contributed by atoms with van der Waals surface area (Å²) in [7, 11) is -2.97. The Morgan fingerprint density at radius 2 is 2.14 bits per heavy atom. The highest BCUT2D eigenvalue weighted by atomic mass is 32.2. The zero-order valence-electron chi connectivity index (χ0n) is 8.62. The first kappa shape index (κ1) is 10.4. The molecular formula is C9H18N2O2S. The molecule has 0 aromatic carbocycles. The van der Waals surface area contributed by atoms with Crippen LogP contribution in [0, 0.1) is 5.41 Å². The summed E-state index contributed by atoms with van der Waals surface area (Å²) in [6.45, 7) is 3.50. The van der Waals surface area contributed by atoms with Crippen LogP contribution < -0.4 is 5.32 Å². The first-order valence-electron chi connectivity index (χ1n) is 5.18. The van der Waals surface area contributed by atoms with Crippen LogP contribution in [0.2, 0.25) is 0 Å². The highest BCUT2D eigenvalue weighted by Gasteiger charge is 2.41. The third-order valence-electron chi connectivity index (χ3n) is 3.43. The molecule has 2 aliphatic rings. The first-order chi connectivity index (χ1) is 6.52. The third kappa shape index (κ3) is 1.94. The van der Waals surface area contributed by atoms with Gasteiger partial charge in [0, 0.05) is 19.6 Å². The van der Waals surface area contributed by atoms with Crippen LogP contribution in [0.3, 0.4) is 0 Å². The van der Waals surface area contributed by atoms with Gasteiger partial charge in [-0.05, 0) is 31.2 Å². The van der Waals surface area contributed by atoms with Gasteiger partial charge in [-0.15, -0.1) is 0 Å². The van der Waals surface area contributed by atoms with Crippen molar-refractivity contribution in [3.8, 4) is 0 Å². The van der Waals surface area contributed by atoms with Crippen LogP contribution in [-0.2, 0) is 10.0 Å². The minimum absolute atomic E-state index is 0.237. The van der Waals surface area contributed by atoms with E-state index in [1.165, 1.54) is 19.1 Å². The fourth-order valence-electron chi connectivity index (χ4n) is 2.56. The van der Waals surface area contributed by atoms with E-state index in [1.807, 2.05) is 0 Å². The van der Waals surface area contributed by atoms with E-state index in [9.17, 15) is 8.42 Å². The Balaban J connectivity index is 2.06. The quantitative estimate of drug-likeness (QED) is 0.675. The van der Waals surface area contributed by atoms with Crippen molar-refractivity contribution in [2.45, 2.75) is 19.3 Å². The van der Waals surface area contributed by atoms with Crippen LogP contribution in [-0.4, -0.2) is 45.2 Å². The average molecular weight is 218 g/mol. The number of nitrogens with zero attached hydrogens (tertiary/aromatic N) is 1. The molecule has 2 saturated heterocycles. The van der Waals surface area contributed by atoms with Crippen LogP contribution in [0.5, 0.6) is 0 Å². The Kier molecular flexibility index (Phi) is 2.57. The highest BCUT2D eigenvalue weighted by molar-refractivity contribution is 7.88. The summed E-state index contributed by atoms with van der Waals surface area (Å²) in [5.74, 6) is 0. The number of nitrogens with one attached hydrogen (secondary N) is 1. The predicted molar refractivity (Wildman–Crippen MR) is 55.6 cm³/mol. The number of hydrogen-bond acceptors (Lipinski definition) is 3. The van der Waals surface area contributed by atoms with Crippen molar-refractivity contribution < 1.29 is 8.42 Å². The minimum atomic E-state index is -2.97. The molecule has 4 nitrogen and oxygen atoms in total. The summed E-state index contributed by atoms with van der Waals surface area (Å²) in [5.41, 5.74) is 0.237. The number of piperidine rings is 1. The van der Waals surface area contributed by atoms with Crippen LogP contribution in [0.1, 0.15) is 19.3 Å². The maximum atomic E-state index is 11.4. The Hall–Kier alpha value is -0.130. The smallest absolute Gasteiger partial charge is 0.211 e. The van der Waals surface area contributed by atoms with Gasteiger partial charge in [-0.1, -0.05) is 0 Å². The summed E-state index contributed by atoms with van der Waals surface area (Å²) in [6.07, 6.45) is 4.68. The standard InChI is InChI=1S/C9H18N2O2S/c1-14(12,13)11-6-4-9(8-11)3-2-5-10-7-9/h10H,2-8H2,1H3. The molecule has 0 saturated carbocycles. The number of sulfonamides is 1. The lowest BCUT2D eigenvalue weighted by Crippen LogP contribution is -2.42. The van der Waals surface area contributed by atoms with Crippen molar-refractivity contribution in [1.82, 2.24) is 9.62 Å². The molecule has 0 bridgehead atoms. The second-order valence-corrected chi connectivity index (χ2v) is 6.61. The summed E-state index contributed by atoms with van der Waals surface area (Å²) in [5, 5.41) is 3.37. The lowest BCUT2D eigenvalue weighted by molar-refractivity contribution is 0.225. The first-order valence-corrected chi connectivity index (χ1v) is 7.03. The molecule has 1 spiro atoms. The van der Waals surface area contributed by atoms with Crippen molar-refractivity contribution in [3.63, 3.8) is 0 Å². The van der Waals surface area contributed by atoms with Gasteiger partial charge in [0.2, 0.25) is 10.0 Å². The normalized spacial score (nSPS) is 35.2. The Bertz CT molecular complexity index is 307. The highest BCUT2D eigenvalue weighted by Crippen LogP contribution is 2.37. The molecule has 0 amide bonds. The molecule has 1 atom stereocenters. The van der Waals surface area contributed by atoms with E-state index in [2.05, 4.69) is 5.32 Å². The molecule has 2 heterocycles. The molecule has 2 rings (SSSR count). The summed E-state index contributed by atoms with van der Waals surface area (Å²) < 4.78 is 24.4. The van der Waals surface area contributed by atoms with Crippen molar-refractivity contribution in [2.24, 2.45) is 5.41 Å². The van der Waals surface area contributed by atoms with Crippen molar-refractivity contribution in [1.29, 1.82) is 0 Å². The molecule has 1 N–H and O–H groups in total. The Labute approximate surface area is 85.7 Å². The van der Waals surface area contributed by atoms with Gasteiger partial charge < -0.3 is 5.32 Å². The van der Waals surface area contributed by atoms with Gasteiger partial charge in [-0.2, -0.15) is 0 Å². The lowest BCUT2D eigenvalue weighted by atomic mass is 9.80. The molecular weight excluding hydrogens is 200 g/mol. The van der Waals surface area contributed by atoms with Gasteiger partial charge in [0.05, 0.1) is 6.26 Å². The zero-order valence-corrected chi connectivity index (χ0v) is 9.44. The summed E-state index contributed by atoms with van der Waals surface area (Å²) in [4.78, 5) is 0. The molecule has 2 fully saturated rings. The molecule has 0 aromatic rings. The van der Waals surface area contributed by atoms with E-state index in [-0.39, 0.29) is 5.41 Å². The van der Waals surface area contributed by atoms with E-state index in [4.69, 9.17) is 0 Å². The van der Waals surface area contributed by atoms with E-state index in [0.29, 0.717) is 6.54 Å². The number of rotatable bonds is 1. The molecule has 5 heteroatoms. The topological polar surface area (TPSA) is 49.4 Å². The lowest BCUT2D eigenvalue weighted by Gasteiger charge is -2.33. The molecule has 82 valence electrons. The van der Waals surface area contributed by atoms with Crippen molar-refractivity contribution >= 4 is 10.0 Å². The Morgan fingerprint density at radius 1 is 1.36 bits per heavy atom. The molecule has 1 unspecified atom stereocenters.